The minimum atomic E-state index is -0.881. The number of halogens is 2. The van der Waals surface area contributed by atoms with E-state index in [4.69, 9.17) is 5.11 Å². The van der Waals surface area contributed by atoms with E-state index in [-0.39, 0.29) is 0 Å². The lowest BCUT2D eigenvalue weighted by molar-refractivity contribution is -0.142. The third-order valence-corrected chi connectivity index (χ3v) is 3.01. The molecule has 0 heterocycles. The molecule has 2 N–H and O–H groups in total. The highest BCUT2D eigenvalue weighted by atomic mass is 19.2. The maximum atomic E-state index is 13.0. The van der Waals surface area contributed by atoms with Crippen LogP contribution in [0.3, 0.4) is 0 Å². The Morgan fingerprint density at radius 2 is 2.05 bits per heavy atom. The molecule has 0 saturated carbocycles. The van der Waals surface area contributed by atoms with E-state index < -0.39 is 23.5 Å². The molecule has 1 aromatic carbocycles. The molecule has 5 heteroatoms. The van der Waals surface area contributed by atoms with E-state index in [2.05, 4.69) is 5.32 Å². The van der Waals surface area contributed by atoms with Crippen LogP contribution in [0.1, 0.15) is 25.8 Å². The molecule has 0 saturated heterocycles. The number of rotatable bonds is 8. The topological polar surface area (TPSA) is 49.3 Å². The van der Waals surface area contributed by atoms with Crippen molar-refractivity contribution >= 4 is 12.0 Å². The predicted molar refractivity (Wildman–Crippen MR) is 78.8 cm³/mol. The lowest BCUT2D eigenvalue weighted by Crippen LogP contribution is -2.29. The van der Waals surface area contributed by atoms with E-state index in [9.17, 15) is 13.6 Å². The molecule has 0 bridgehead atoms. The summed E-state index contributed by atoms with van der Waals surface area (Å²) < 4.78 is 25.7. The van der Waals surface area contributed by atoms with Crippen molar-refractivity contribution in [3.8, 4) is 0 Å². The zero-order chi connectivity index (χ0) is 15.8. The number of carbonyl (C=O) groups is 1. The average Bonchev–Trinajstić information content (AvgIpc) is 2.40. The molecule has 0 aromatic heterocycles. The number of hydrogen-bond acceptors (Lipinski definition) is 2. The first-order valence-corrected chi connectivity index (χ1v) is 6.95. The highest BCUT2D eigenvalue weighted by Crippen LogP contribution is 2.11. The van der Waals surface area contributed by atoms with Crippen molar-refractivity contribution in [2.24, 2.45) is 11.8 Å². The second-order valence-electron chi connectivity index (χ2n) is 5.40. The number of nitrogens with one attached hydrogen (secondary N) is 1. The van der Waals surface area contributed by atoms with Gasteiger partial charge in [0.1, 0.15) is 0 Å². The van der Waals surface area contributed by atoms with Crippen molar-refractivity contribution in [2.75, 3.05) is 13.1 Å². The maximum Gasteiger partial charge on any atom is 0.307 e. The van der Waals surface area contributed by atoms with E-state index in [1.807, 2.05) is 13.8 Å². The van der Waals surface area contributed by atoms with Crippen LogP contribution < -0.4 is 5.32 Å². The molecule has 21 heavy (non-hydrogen) atoms. The Labute approximate surface area is 123 Å². The predicted octanol–water partition coefficient (Wildman–Crippen LogP) is 3.31. The molecule has 0 spiro atoms. The van der Waals surface area contributed by atoms with Crippen LogP contribution in [0, 0.1) is 23.5 Å². The van der Waals surface area contributed by atoms with Crippen LogP contribution in [-0.4, -0.2) is 24.2 Å². The molecule has 0 aliphatic carbocycles. The summed E-state index contributed by atoms with van der Waals surface area (Å²) in [7, 11) is 0. The average molecular weight is 297 g/mol. The summed E-state index contributed by atoms with van der Waals surface area (Å²) in [6.07, 6.45) is 4.03. The highest BCUT2D eigenvalue weighted by Gasteiger charge is 2.17. The van der Waals surface area contributed by atoms with Crippen molar-refractivity contribution in [3.05, 3.63) is 41.5 Å². The first kappa shape index (κ1) is 17.3. The minimum absolute atomic E-state index is 0.325. The lowest BCUT2D eigenvalue weighted by Gasteiger charge is -2.14. The molecular weight excluding hydrogens is 276 g/mol. The van der Waals surface area contributed by atoms with Gasteiger partial charge in [-0.3, -0.25) is 4.79 Å². The Balaban J connectivity index is 2.40. The van der Waals surface area contributed by atoms with Crippen LogP contribution in [-0.2, 0) is 4.79 Å². The smallest absolute Gasteiger partial charge is 0.307 e. The molecule has 0 radical (unpaired) electrons. The molecule has 1 rings (SSSR count). The van der Waals surface area contributed by atoms with Gasteiger partial charge in [-0.15, -0.1) is 0 Å². The standard InChI is InChI=1S/C16H21F2NO2/c1-11(2)8-13(16(20)21)10-19-7-3-4-12-5-6-14(17)15(18)9-12/h3-6,9,11,13,19H,7-8,10H2,1-2H3,(H,20,21)/b4-3+. The Bertz CT molecular complexity index is 501. The van der Waals surface area contributed by atoms with Crippen molar-refractivity contribution in [1.82, 2.24) is 5.32 Å². The third kappa shape index (κ3) is 6.49. The second-order valence-corrected chi connectivity index (χ2v) is 5.40. The normalized spacial score (nSPS) is 13.0. The van der Waals surface area contributed by atoms with Gasteiger partial charge in [-0.05, 0) is 30.0 Å². The minimum Gasteiger partial charge on any atom is -0.481 e. The summed E-state index contributed by atoms with van der Waals surface area (Å²) in [5, 5.41) is 12.1. The Kier molecular flexibility index (Phi) is 7.02. The molecule has 0 fully saturated rings. The van der Waals surface area contributed by atoms with Gasteiger partial charge in [0.2, 0.25) is 0 Å². The van der Waals surface area contributed by atoms with Gasteiger partial charge in [-0.2, -0.15) is 0 Å². The van der Waals surface area contributed by atoms with Gasteiger partial charge in [-0.25, -0.2) is 8.78 Å². The SMILES string of the molecule is CC(C)CC(CNC/C=C/c1ccc(F)c(F)c1)C(=O)O. The van der Waals surface area contributed by atoms with E-state index >= 15 is 0 Å². The summed E-state index contributed by atoms with van der Waals surface area (Å²) >= 11 is 0. The Morgan fingerprint density at radius 3 is 2.62 bits per heavy atom. The molecule has 1 aromatic rings. The monoisotopic (exact) mass is 297 g/mol. The molecule has 116 valence electrons. The molecule has 1 unspecified atom stereocenters. The molecule has 0 aliphatic rings. The lowest BCUT2D eigenvalue weighted by atomic mass is 9.97. The first-order chi connectivity index (χ1) is 9.90. The van der Waals surface area contributed by atoms with Gasteiger partial charge in [0.25, 0.3) is 0 Å². The van der Waals surface area contributed by atoms with E-state index in [1.54, 1.807) is 12.2 Å². The summed E-state index contributed by atoms with van der Waals surface area (Å²) in [6.45, 7) is 4.83. The molecular formula is C16H21F2NO2. The van der Waals surface area contributed by atoms with Crippen LogP contribution in [0.25, 0.3) is 6.08 Å². The van der Waals surface area contributed by atoms with Crippen molar-refractivity contribution in [1.29, 1.82) is 0 Å². The fourth-order valence-electron chi connectivity index (χ4n) is 1.99. The quantitative estimate of drug-likeness (QED) is 0.724. The number of benzene rings is 1. The molecule has 0 aliphatic heterocycles. The van der Waals surface area contributed by atoms with E-state index in [0.29, 0.717) is 31.0 Å². The van der Waals surface area contributed by atoms with Crippen molar-refractivity contribution < 1.29 is 18.7 Å². The zero-order valence-electron chi connectivity index (χ0n) is 12.3. The number of hydrogen-bond donors (Lipinski definition) is 2. The summed E-state index contributed by atoms with van der Waals surface area (Å²) in [5.41, 5.74) is 0.563. The summed E-state index contributed by atoms with van der Waals surface area (Å²) in [5.74, 6) is -2.65. The highest BCUT2D eigenvalue weighted by molar-refractivity contribution is 5.70. The fraction of sp³-hybridized carbons (Fsp3) is 0.438. The number of carboxylic acid groups (broad SMARTS) is 1. The van der Waals surface area contributed by atoms with E-state index in [1.165, 1.54) is 6.07 Å². The van der Waals surface area contributed by atoms with Crippen LogP contribution in [0.5, 0.6) is 0 Å². The van der Waals surface area contributed by atoms with Crippen LogP contribution in [0.15, 0.2) is 24.3 Å². The van der Waals surface area contributed by atoms with Gasteiger partial charge < -0.3 is 10.4 Å². The summed E-state index contributed by atoms with van der Waals surface area (Å²) in [6, 6.07) is 3.67. The fourth-order valence-corrected chi connectivity index (χ4v) is 1.99. The van der Waals surface area contributed by atoms with Crippen molar-refractivity contribution in [3.63, 3.8) is 0 Å². The largest absolute Gasteiger partial charge is 0.481 e. The zero-order valence-corrected chi connectivity index (χ0v) is 12.3. The third-order valence-electron chi connectivity index (χ3n) is 3.01. The first-order valence-electron chi connectivity index (χ1n) is 6.95. The van der Waals surface area contributed by atoms with Gasteiger partial charge in [0.05, 0.1) is 5.92 Å². The van der Waals surface area contributed by atoms with Crippen LogP contribution >= 0.6 is 0 Å². The number of aliphatic carboxylic acids is 1. The van der Waals surface area contributed by atoms with E-state index in [0.717, 1.165) is 12.1 Å². The van der Waals surface area contributed by atoms with Crippen molar-refractivity contribution in [2.45, 2.75) is 20.3 Å². The number of carboxylic acids is 1. The summed E-state index contributed by atoms with van der Waals surface area (Å²) in [4.78, 5) is 11.1. The van der Waals surface area contributed by atoms with Crippen LogP contribution in [0.2, 0.25) is 0 Å². The molecule has 1 atom stereocenters. The molecule has 0 amide bonds. The Morgan fingerprint density at radius 1 is 1.33 bits per heavy atom. The van der Waals surface area contributed by atoms with Gasteiger partial charge in [0.15, 0.2) is 11.6 Å². The second kappa shape index (κ2) is 8.52. The van der Waals surface area contributed by atoms with Gasteiger partial charge in [-0.1, -0.05) is 32.1 Å². The van der Waals surface area contributed by atoms with Gasteiger partial charge in [0, 0.05) is 13.1 Å². The van der Waals surface area contributed by atoms with Gasteiger partial charge >= 0.3 is 5.97 Å². The Hall–Kier alpha value is -1.75. The van der Waals surface area contributed by atoms with Crippen LogP contribution in [0.4, 0.5) is 8.78 Å². The maximum absolute atomic E-state index is 13.0. The molecule has 3 nitrogen and oxygen atoms in total.